The van der Waals surface area contributed by atoms with Crippen molar-refractivity contribution >= 4 is 0 Å². The van der Waals surface area contributed by atoms with E-state index in [1.807, 2.05) is 0 Å². The van der Waals surface area contributed by atoms with Crippen LogP contribution in [0, 0.1) is 11.8 Å². The highest BCUT2D eigenvalue weighted by Gasteiger charge is 2.38. The third-order valence-electron chi connectivity index (χ3n) is 4.48. The Balaban J connectivity index is 1.64. The second-order valence-electron chi connectivity index (χ2n) is 5.70. The molecule has 0 amide bonds. The van der Waals surface area contributed by atoms with Gasteiger partial charge in [0.1, 0.15) is 0 Å². The summed E-state index contributed by atoms with van der Waals surface area (Å²) >= 11 is 0. The topological polar surface area (TPSA) is 29.3 Å². The fourth-order valence-electron chi connectivity index (χ4n) is 3.58. The van der Waals surface area contributed by atoms with Crippen molar-refractivity contribution in [3.05, 3.63) is 35.9 Å². The molecule has 0 aromatic heterocycles. The minimum absolute atomic E-state index is 0.453. The summed E-state index contributed by atoms with van der Waals surface area (Å²) in [6.07, 6.45) is 3.96. The average molecular weight is 230 g/mol. The first-order valence-corrected chi connectivity index (χ1v) is 6.85. The number of likely N-dealkylation sites (tertiary alicyclic amines) is 1. The molecular weight excluding hydrogens is 208 g/mol. The van der Waals surface area contributed by atoms with Crippen molar-refractivity contribution in [2.45, 2.75) is 31.8 Å². The zero-order chi connectivity index (χ0) is 11.7. The Morgan fingerprint density at radius 3 is 2.71 bits per heavy atom. The highest BCUT2D eigenvalue weighted by Crippen LogP contribution is 2.35. The molecule has 0 spiro atoms. The molecule has 2 fully saturated rings. The molecule has 0 radical (unpaired) electrons. The van der Waals surface area contributed by atoms with Gasteiger partial charge in [-0.15, -0.1) is 0 Å². The van der Waals surface area contributed by atoms with Gasteiger partial charge in [-0.25, -0.2) is 0 Å². The lowest BCUT2D eigenvalue weighted by Gasteiger charge is -2.29. The lowest BCUT2D eigenvalue weighted by atomic mass is 9.78. The molecule has 1 heterocycles. The van der Waals surface area contributed by atoms with Crippen molar-refractivity contribution in [1.82, 2.24) is 4.90 Å². The Hall–Kier alpha value is -0.860. The normalized spacial score (nSPS) is 33.6. The van der Waals surface area contributed by atoms with Crippen LogP contribution in [0.4, 0.5) is 0 Å². The van der Waals surface area contributed by atoms with Gasteiger partial charge >= 0.3 is 0 Å². The molecule has 2 nitrogen and oxygen atoms in total. The van der Waals surface area contributed by atoms with Crippen LogP contribution in [0.5, 0.6) is 0 Å². The third-order valence-corrected chi connectivity index (χ3v) is 4.48. The van der Waals surface area contributed by atoms with Crippen molar-refractivity contribution in [2.24, 2.45) is 17.6 Å². The van der Waals surface area contributed by atoms with Crippen molar-refractivity contribution in [2.75, 3.05) is 13.1 Å². The van der Waals surface area contributed by atoms with Crippen LogP contribution in [0.1, 0.15) is 24.8 Å². The van der Waals surface area contributed by atoms with Gasteiger partial charge in [0.15, 0.2) is 0 Å². The van der Waals surface area contributed by atoms with E-state index in [0.717, 1.165) is 18.4 Å². The largest absolute Gasteiger partial charge is 0.327 e. The second kappa shape index (κ2) is 4.79. The SMILES string of the molecule is NC1CCCC2CN(Cc3ccccc3)CC12. The zero-order valence-corrected chi connectivity index (χ0v) is 10.4. The predicted molar refractivity (Wildman–Crippen MR) is 70.5 cm³/mol. The molecule has 1 aliphatic carbocycles. The summed E-state index contributed by atoms with van der Waals surface area (Å²) in [4.78, 5) is 2.59. The summed E-state index contributed by atoms with van der Waals surface area (Å²) in [5, 5.41) is 0. The number of hydrogen-bond acceptors (Lipinski definition) is 2. The molecule has 1 aliphatic heterocycles. The van der Waals surface area contributed by atoms with Crippen molar-refractivity contribution in [3.8, 4) is 0 Å². The number of nitrogens with two attached hydrogens (primary N) is 1. The highest BCUT2D eigenvalue weighted by molar-refractivity contribution is 5.14. The number of fused-ring (bicyclic) bond motifs is 1. The quantitative estimate of drug-likeness (QED) is 0.844. The van der Waals surface area contributed by atoms with E-state index in [0.29, 0.717) is 6.04 Å². The van der Waals surface area contributed by atoms with Crippen LogP contribution in [0.15, 0.2) is 30.3 Å². The molecule has 1 saturated heterocycles. The number of benzene rings is 1. The molecule has 3 rings (SSSR count). The van der Waals surface area contributed by atoms with Crippen LogP contribution in [0.25, 0.3) is 0 Å². The van der Waals surface area contributed by atoms with Crippen molar-refractivity contribution < 1.29 is 0 Å². The first kappa shape index (κ1) is 11.2. The van der Waals surface area contributed by atoms with E-state index < -0.39 is 0 Å². The van der Waals surface area contributed by atoms with Gasteiger partial charge < -0.3 is 5.73 Å². The van der Waals surface area contributed by atoms with E-state index in [1.165, 1.54) is 37.9 Å². The minimum Gasteiger partial charge on any atom is -0.327 e. The molecule has 2 aliphatic rings. The van der Waals surface area contributed by atoms with Gasteiger partial charge in [0.25, 0.3) is 0 Å². The van der Waals surface area contributed by atoms with E-state index in [4.69, 9.17) is 5.73 Å². The summed E-state index contributed by atoms with van der Waals surface area (Å²) in [6.45, 7) is 3.56. The molecule has 92 valence electrons. The van der Waals surface area contributed by atoms with Crippen LogP contribution in [0.3, 0.4) is 0 Å². The van der Waals surface area contributed by atoms with Gasteiger partial charge in [-0.2, -0.15) is 0 Å². The van der Waals surface area contributed by atoms with Gasteiger partial charge in [-0.3, -0.25) is 4.90 Å². The summed E-state index contributed by atoms with van der Waals surface area (Å²) in [7, 11) is 0. The van der Waals surface area contributed by atoms with E-state index in [2.05, 4.69) is 35.2 Å². The Morgan fingerprint density at radius 1 is 1.12 bits per heavy atom. The van der Waals surface area contributed by atoms with E-state index in [9.17, 15) is 0 Å². The monoisotopic (exact) mass is 230 g/mol. The molecule has 2 N–H and O–H groups in total. The van der Waals surface area contributed by atoms with Gasteiger partial charge in [0, 0.05) is 25.7 Å². The van der Waals surface area contributed by atoms with Gasteiger partial charge in [-0.1, -0.05) is 36.8 Å². The molecule has 0 bridgehead atoms. The first-order chi connectivity index (χ1) is 8.33. The van der Waals surface area contributed by atoms with Crippen molar-refractivity contribution in [1.29, 1.82) is 0 Å². The van der Waals surface area contributed by atoms with Gasteiger partial charge in [-0.05, 0) is 30.2 Å². The van der Waals surface area contributed by atoms with Gasteiger partial charge in [0.05, 0.1) is 0 Å². The predicted octanol–water partition coefficient (Wildman–Crippen LogP) is 2.25. The maximum absolute atomic E-state index is 6.25. The number of nitrogens with zero attached hydrogens (tertiary/aromatic N) is 1. The summed E-state index contributed by atoms with van der Waals surface area (Å²) in [6, 6.07) is 11.2. The first-order valence-electron chi connectivity index (χ1n) is 6.85. The Bertz CT molecular complexity index is 362. The smallest absolute Gasteiger partial charge is 0.0233 e. The molecule has 3 unspecified atom stereocenters. The molecule has 3 atom stereocenters. The summed E-state index contributed by atoms with van der Waals surface area (Å²) in [5.74, 6) is 1.62. The van der Waals surface area contributed by atoms with Crippen LogP contribution >= 0.6 is 0 Å². The fraction of sp³-hybridized carbons (Fsp3) is 0.600. The second-order valence-corrected chi connectivity index (χ2v) is 5.70. The lowest BCUT2D eigenvalue weighted by Crippen LogP contribution is -2.38. The third kappa shape index (κ3) is 2.38. The lowest BCUT2D eigenvalue weighted by molar-refractivity contribution is 0.259. The maximum Gasteiger partial charge on any atom is 0.0233 e. The highest BCUT2D eigenvalue weighted by atomic mass is 15.2. The number of rotatable bonds is 2. The molecule has 2 heteroatoms. The van der Waals surface area contributed by atoms with E-state index in [1.54, 1.807) is 0 Å². The molecule has 1 saturated carbocycles. The minimum atomic E-state index is 0.453. The number of hydrogen-bond donors (Lipinski definition) is 1. The Kier molecular flexibility index (Phi) is 3.17. The molecular formula is C15H22N2. The standard InChI is InChI=1S/C15H22N2/c16-15-8-4-7-13-10-17(11-14(13)15)9-12-5-2-1-3-6-12/h1-3,5-6,13-15H,4,7-11,16H2. The average Bonchev–Trinajstić information content (AvgIpc) is 2.74. The fourth-order valence-corrected chi connectivity index (χ4v) is 3.58. The molecule has 1 aromatic rings. The summed E-state index contributed by atoms with van der Waals surface area (Å²) in [5.41, 5.74) is 7.68. The Labute approximate surface area is 104 Å². The zero-order valence-electron chi connectivity index (χ0n) is 10.4. The molecule has 1 aromatic carbocycles. The van der Waals surface area contributed by atoms with E-state index >= 15 is 0 Å². The van der Waals surface area contributed by atoms with Gasteiger partial charge in [0.2, 0.25) is 0 Å². The summed E-state index contributed by atoms with van der Waals surface area (Å²) < 4.78 is 0. The van der Waals surface area contributed by atoms with Crippen LogP contribution in [0.2, 0.25) is 0 Å². The Morgan fingerprint density at radius 2 is 1.94 bits per heavy atom. The molecule has 17 heavy (non-hydrogen) atoms. The van der Waals surface area contributed by atoms with Crippen molar-refractivity contribution in [3.63, 3.8) is 0 Å². The maximum atomic E-state index is 6.25. The van der Waals surface area contributed by atoms with E-state index in [-0.39, 0.29) is 0 Å². The van der Waals surface area contributed by atoms with Crippen LogP contribution < -0.4 is 5.73 Å². The van der Waals surface area contributed by atoms with Crippen LogP contribution in [-0.4, -0.2) is 24.0 Å². The van der Waals surface area contributed by atoms with Crippen LogP contribution in [-0.2, 0) is 6.54 Å².